The summed E-state index contributed by atoms with van der Waals surface area (Å²) in [6, 6.07) is 4.82. The van der Waals surface area contributed by atoms with Gasteiger partial charge in [0, 0.05) is 12.1 Å². The molecule has 2 heterocycles. The van der Waals surface area contributed by atoms with Crippen LogP contribution in [0.25, 0.3) is 6.08 Å². The van der Waals surface area contributed by atoms with E-state index in [0.717, 1.165) is 4.68 Å². The number of nitrogens with one attached hydrogen (secondary N) is 1. The highest BCUT2D eigenvalue weighted by Crippen LogP contribution is 2.35. The first kappa shape index (κ1) is 25.0. The van der Waals surface area contributed by atoms with E-state index in [1.807, 2.05) is 13.8 Å². The summed E-state index contributed by atoms with van der Waals surface area (Å²) in [6.07, 6.45) is -4.65. The lowest BCUT2D eigenvalue weighted by atomic mass is 10.1. The third-order valence-electron chi connectivity index (χ3n) is 4.82. The number of aromatic nitrogens is 2. The number of halogens is 5. The number of ether oxygens (including phenoxy) is 1. The third-order valence-corrected chi connectivity index (χ3v) is 5.52. The van der Waals surface area contributed by atoms with Crippen molar-refractivity contribution in [1.29, 1.82) is 0 Å². The smallest absolute Gasteiger partial charge is 0.283 e. The Hall–Kier alpha value is -2.66. The van der Waals surface area contributed by atoms with Crippen molar-refractivity contribution in [3.63, 3.8) is 0 Å². The lowest BCUT2D eigenvalue weighted by Gasteiger charge is -2.16. The summed E-state index contributed by atoms with van der Waals surface area (Å²) in [5.74, 6) is 0.250. The molecule has 0 spiro atoms. The van der Waals surface area contributed by atoms with Crippen molar-refractivity contribution in [1.82, 2.24) is 20.0 Å². The Kier molecular flexibility index (Phi) is 7.63. The van der Waals surface area contributed by atoms with E-state index in [4.69, 9.17) is 28.6 Å². The Bertz CT molecular complexity index is 1100. The molecule has 1 aromatic heterocycles. The minimum absolute atomic E-state index is 0.212. The molecule has 1 aliphatic heterocycles. The van der Waals surface area contributed by atoms with Crippen LogP contribution in [0.2, 0.25) is 5.02 Å². The number of hydrogen-bond acceptors (Lipinski definition) is 4. The van der Waals surface area contributed by atoms with Gasteiger partial charge in [-0.1, -0.05) is 31.5 Å². The zero-order valence-electron chi connectivity index (χ0n) is 17.9. The normalized spacial score (nSPS) is 15.5. The van der Waals surface area contributed by atoms with E-state index in [1.54, 1.807) is 24.3 Å². The second-order valence-corrected chi connectivity index (χ2v) is 8.48. The second-order valence-electron chi connectivity index (χ2n) is 7.71. The van der Waals surface area contributed by atoms with E-state index < -0.39 is 29.3 Å². The van der Waals surface area contributed by atoms with E-state index in [-0.39, 0.29) is 24.1 Å². The molecule has 0 atom stereocenters. The summed E-state index contributed by atoms with van der Waals surface area (Å²) in [5, 5.41) is 5.99. The van der Waals surface area contributed by atoms with Crippen LogP contribution in [0.3, 0.4) is 0 Å². The number of rotatable bonds is 8. The van der Waals surface area contributed by atoms with E-state index in [9.17, 15) is 22.4 Å². The van der Waals surface area contributed by atoms with Crippen molar-refractivity contribution >= 4 is 40.9 Å². The van der Waals surface area contributed by atoms with Gasteiger partial charge in [-0.05, 0) is 41.9 Å². The molecule has 0 unspecified atom stereocenters. The summed E-state index contributed by atoms with van der Waals surface area (Å²) in [6.45, 7) is 4.08. The van der Waals surface area contributed by atoms with Crippen LogP contribution >= 0.6 is 23.8 Å². The maximum atomic E-state index is 13.5. The predicted octanol–water partition coefficient (Wildman–Crippen LogP) is 5.18. The minimum Gasteiger partial charge on any atom is -0.496 e. The van der Waals surface area contributed by atoms with Gasteiger partial charge in [0.25, 0.3) is 18.8 Å². The first-order valence-corrected chi connectivity index (χ1v) is 10.7. The van der Waals surface area contributed by atoms with E-state index in [1.165, 1.54) is 12.0 Å². The summed E-state index contributed by atoms with van der Waals surface area (Å²) in [4.78, 5) is 14.1. The highest BCUT2D eigenvalue weighted by Gasteiger charge is 2.31. The Morgan fingerprint density at radius 2 is 1.94 bits per heavy atom. The summed E-state index contributed by atoms with van der Waals surface area (Å²) in [5.41, 5.74) is -0.543. The van der Waals surface area contributed by atoms with Gasteiger partial charge in [-0.25, -0.2) is 17.6 Å². The number of carbonyl (C=O) groups is 1. The van der Waals surface area contributed by atoms with Gasteiger partial charge in [-0.15, -0.1) is 0 Å². The second kappa shape index (κ2) is 10.1. The molecule has 1 aromatic carbocycles. The molecule has 1 fully saturated rings. The average Bonchev–Trinajstić information content (AvgIpc) is 3.19. The third kappa shape index (κ3) is 5.30. The van der Waals surface area contributed by atoms with Crippen molar-refractivity contribution in [3.8, 4) is 5.75 Å². The molecule has 0 bridgehead atoms. The number of nitrogens with zero attached hydrogens (tertiary/aromatic N) is 3. The van der Waals surface area contributed by atoms with Gasteiger partial charge in [-0.3, -0.25) is 14.4 Å². The number of hydrogen-bond donors (Lipinski definition) is 1. The van der Waals surface area contributed by atoms with Crippen molar-refractivity contribution in [2.75, 3.05) is 13.7 Å². The average molecular weight is 505 g/mol. The molecule has 1 aliphatic rings. The minimum atomic E-state index is -3.11. The van der Waals surface area contributed by atoms with Crippen LogP contribution in [-0.4, -0.2) is 39.4 Å². The van der Waals surface area contributed by atoms with Crippen LogP contribution in [0.1, 0.15) is 49.2 Å². The zero-order valence-corrected chi connectivity index (χ0v) is 19.5. The SMILES string of the molecule is COc1ccc(/C=C2/NC(=S)N(CC(C)C)C2=O)cc1Cn1nc(C(F)F)c(Cl)c1C(F)F. The Morgan fingerprint density at radius 1 is 1.24 bits per heavy atom. The standard InChI is InChI=1S/C21H21ClF4N4O2S/c1-10(2)8-29-20(31)13(27-21(29)33)7-11-4-5-14(32-3)12(6-11)9-30-17(19(25)26)15(22)16(28-30)18(23)24/h4-7,10,18-19H,8-9H2,1-3H3,(H,27,33)/b13-7+. The summed E-state index contributed by atoms with van der Waals surface area (Å²) in [7, 11) is 1.38. The molecule has 12 heteroatoms. The lowest BCUT2D eigenvalue weighted by Crippen LogP contribution is -2.33. The molecule has 6 nitrogen and oxygen atoms in total. The monoisotopic (exact) mass is 504 g/mol. The fourth-order valence-electron chi connectivity index (χ4n) is 3.38. The molecule has 0 radical (unpaired) electrons. The molecule has 0 saturated carbocycles. The van der Waals surface area contributed by atoms with E-state index in [2.05, 4.69) is 10.4 Å². The quantitative estimate of drug-likeness (QED) is 0.305. The highest BCUT2D eigenvalue weighted by atomic mass is 35.5. The first-order chi connectivity index (χ1) is 15.5. The van der Waals surface area contributed by atoms with Crippen molar-refractivity contribution in [2.45, 2.75) is 33.2 Å². The van der Waals surface area contributed by atoms with E-state index >= 15 is 0 Å². The summed E-state index contributed by atoms with van der Waals surface area (Å²) >= 11 is 11.0. The van der Waals surface area contributed by atoms with Crippen LogP contribution in [0.4, 0.5) is 17.6 Å². The number of thiocarbonyl (C=S) groups is 1. The van der Waals surface area contributed by atoms with Gasteiger partial charge in [0.15, 0.2) is 5.11 Å². The molecular weight excluding hydrogens is 484 g/mol. The highest BCUT2D eigenvalue weighted by molar-refractivity contribution is 7.80. The van der Waals surface area contributed by atoms with Crippen LogP contribution in [0, 0.1) is 5.92 Å². The number of methoxy groups -OCH3 is 1. The topological polar surface area (TPSA) is 59.4 Å². The molecule has 3 rings (SSSR count). The fraction of sp³-hybridized carbons (Fsp3) is 0.381. The predicted molar refractivity (Wildman–Crippen MR) is 120 cm³/mol. The number of carbonyl (C=O) groups excluding carboxylic acids is 1. The van der Waals surface area contributed by atoms with Gasteiger partial charge in [0.05, 0.1) is 18.7 Å². The molecule has 1 N–H and O–H groups in total. The molecule has 1 amide bonds. The van der Waals surface area contributed by atoms with Crippen molar-refractivity contribution < 1.29 is 27.1 Å². The Morgan fingerprint density at radius 3 is 2.52 bits per heavy atom. The van der Waals surface area contributed by atoms with Gasteiger partial charge in [0.2, 0.25) is 0 Å². The summed E-state index contributed by atoms with van der Waals surface area (Å²) < 4.78 is 59.3. The molecule has 178 valence electrons. The van der Waals surface area contributed by atoms with Gasteiger partial charge in [0.1, 0.15) is 22.8 Å². The molecular formula is C21H21ClF4N4O2S. The van der Waals surface area contributed by atoms with Crippen molar-refractivity contribution in [3.05, 3.63) is 51.4 Å². The van der Waals surface area contributed by atoms with Crippen LogP contribution < -0.4 is 10.1 Å². The number of benzene rings is 1. The number of amides is 1. The molecule has 0 aliphatic carbocycles. The molecule has 1 saturated heterocycles. The van der Waals surface area contributed by atoms with Crippen LogP contribution in [0.15, 0.2) is 23.9 Å². The van der Waals surface area contributed by atoms with Crippen molar-refractivity contribution in [2.24, 2.45) is 5.92 Å². The molecule has 2 aromatic rings. The zero-order chi connectivity index (χ0) is 24.4. The Balaban J connectivity index is 1.97. The van der Waals surface area contributed by atoms with E-state index in [0.29, 0.717) is 28.5 Å². The van der Waals surface area contributed by atoms with Crippen LogP contribution in [-0.2, 0) is 11.3 Å². The van der Waals surface area contributed by atoms with Gasteiger partial charge in [-0.2, -0.15) is 5.10 Å². The largest absolute Gasteiger partial charge is 0.496 e. The lowest BCUT2D eigenvalue weighted by molar-refractivity contribution is -0.122. The first-order valence-electron chi connectivity index (χ1n) is 9.87. The van der Waals surface area contributed by atoms with Gasteiger partial charge < -0.3 is 10.1 Å². The fourth-order valence-corrected chi connectivity index (χ4v) is 3.95. The Labute approximate surface area is 198 Å². The number of alkyl halides is 4. The van der Waals surface area contributed by atoms with Gasteiger partial charge >= 0.3 is 0 Å². The maximum absolute atomic E-state index is 13.5. The molecule has 33 heavy (non-hydrogen) atoms. The van der Waals surface area contributed by atoms with Crippen LogP contribution in [0.5, 0.6) is 5.75 Å². The maximum Gasteiger partial charge on any atom is 0.283 e.